The Morgan fingerprint density at radius 2 is 1.91 bits per heavy atom. The molecule has 0 saturated carbocycles. The van der Waals surface area contributed by atoms with Crippen molar-refractivity contribution >= 4 is 22.8 Å². The Labute approximate surface area is 194 Å². The van der Waals surface area contributed by atoms with Gasteiger partial charge in [-0.05, 0) is 48.7 Å². The highest BCUT2D eigenvalue weighted by Gasteiger charge is 2.20. The number of carbonyl (C=O) groups excluding carboxylic acids is 1. The Morgan fingerprint density at radius 1 is 1.12 bits per heavy atom. The van der Waals surface area contributed by atoms with Crippen LogP contribution in [0, 0.1) is 13.8 Å². The van der Waals surface area contributed by atoms with Crippen molar-refractivity contribution in [3.8, 4) is 22.6 Å². The predicted molar refractivity (Wildman–Crippen MR) is 126 cm³/mol. The zero-order valence-corrected chi connectivity index (χ0v) is 19.6. The van der Waals surface area contributed by atoms with E-state index in [2.05, 4.69) is 14.9 Å². The predicted octanol–water partition coefficient (Wildman–Crippen LogP) is 4.38. The summed E-state index contributed by atoms with van der Waals surface area (Å²) in [5, 5.41) is 3.91. The number of aryl methyl sites for hydroxylation is 1. The molecule has 1 amide bonds. The summed E-state index contributed by atoms with van der Waals surface area (Å²) in [4.78, 5) is 18.9. The summed E-state index contributed by atoms with van der Waals surface area (Å²) < 4.78 is 26.9. The first-order valence-electron chi connectivity index (χ1n) is 10.3. The molecule has 1 atom stereocenters. The van der Waals surface area contributed by atoms with Crippen LogP contribution in [0.25, 0.3) is 22.6 Å². The van der Waals surface area contributed by atoms with Crippen LogP contribution in [0.5, 0.6) is 0 Å². The van der Waals surface area contributed by atoms with E-state index in [1.165, 1.54) is 6.26 Å². The summed E-state index contributed by atoms with van der Waals surface area (Å²) in [7, 11) is 1.82. The van der Waals surface area contributed by atoms with Crippen molar-refractivity contribution in [2.75, 3.05) is 18.8 Å². The van der Waals surface area contributed by atoms with Gasteiger partial charge in [0, 0.05) is 25.2 Å². The Bertz CT molecular complexity index is 1310. The van der Waals surface area contributed by atoms with Crippen molar-refractivity contribution in [1.29, 1.82) is 0 Å². The van der Waals surface area contributed by atoms with Crippen LogP contribution in [0.4, 0.5) is 5.88 Å². The summed E-state index contributed by atoms with van der Waals surface area (Å²) in [5.41, 5.74) is 4.62. The van der Waals surface area contributed by atoms with E-state index in [9.17, 15) is 9.00 Å². The molecule has 1 unspecified atom stereocenters. The van der Waals surface area contributed by atoms with Gasteiger partial charge in [0.25, 0.3) is 0 Å². The topological polar surface area (TPSA) is 101 Å². The zero-order valence-electron chi connectivity index (χ0n) is 18.8. The van der Waals surface area contributed by atoms with E-state index < -0.39 is 11.0 Å². The zero-order chi connectivity index (χ0) is 23.5. The average molecular weight is 465 g/mol. The van der Waals surface area contributed by atoms with Gasteiger partial charge < -0.3 is 13.8 Å². The van der Waals surface area contributed by atoms with Gasteiger partial charge in [0.05, 0.1) is 23.2 Å². The minimum atomic E-state index is -1.62. The Kier molecular flexibility index (Phi) is 6.41. The highest BCUT2D eigenvalue weighted by molar-refractivity contribution is 7.86. The fourth-order valence-corrected chi connectivity index (χ4v) is 4.37. The molecule has 0 bridgehead atoms. The third kappa shape index (κ3) is 4.73. The van der Waals surface area contributed by atoms with Gasteiger partial charge in [-0.3, -0.25) is 9.52 Å². The Morgan fingerprint density at radius 3 is 2.58 bits per heavy atom. The lowest BCUT2D eigenvalue weighted by Crippen LogP contribution is -2.23. The van der Waals surface area contributed by atoms with Gasteiger partial charge in [-0.1, -0.05) is 29.4 Å². The van der Waals surface area contributed by atoms with Crippen molar-refractivity contribution in [2.45, 2.75) is 25.2 Å². The summed E-state index contributed by atoms with van der Waals surface area (Å²) in [6.45, 7) is 3.67. The molecule has 0 spiro atoms. The van der Waals surface area contributed by atoms with Crippen molar-refractivity contribution < 1.29 is 17.9 Å². The third-order valence-corrected chi connectivity index (χ3v) is 6.47. The number of nitrogens with one attached hydrogen (secondary N) is 1. The van der Waals surface area contributed by atoms with E-state index in [0.29, 0.717) is 16.7 Å². The normalized spacial score (nSPS) is 11.9. The van der Waals surface area contributed by atoms with Gasteiger partial charge in [0.1, 0.15) is 6.26 Å². The second kappa shape index (κ2) is 9.41. The summed E-state index contributed by atoms with van der Waals surface area (Å²) in [6.07, 6.45) is 3.25. The molecule has 2 aromatic heterocycles. The molecule has 0 radical (unpaired) electrons. The van der Waals surface area contributed by atoms with Gasteiger partial charge in [-0.2, -0.15) is 0 Å². The lowest BCUT2D eigenvalue weighted by molar-refractivity contribution is -0.127. The Balaban J connectivity index is 1.77. The van der Waals surface area contributed by atoms with Crippen LogP contribution in [0.2, 0.25) is 0 Å². The molecule has 1 N–H and O–H groups in total. The quantitative estimate of drug-likeness (QED) is 0.436. The molecule has 33 heavy (non-hydrogen) atoms. The molecule has 0 aliphatic heterocycles. The average Bonchev–Trinajstić information content (AvgIpc) is 3.45. The largest absolute Gasteiger partial charge is 0.445 e. The van der Waals surface area contributed by atoms with E-state index in [0.717, 1.165) is 33.5 Å². The summed E-state index contributed by atoms with van der Waals surface area (Å²) in [5.74, 6) is 0.781. The number of likely N-dealkylation sites (N-methyl/N-ethyl adjacent to an activating group) is 1. The van der Waals surface area contributed by atoms with Crippen LogP contribution in [0.1, 0.15) is 16.8 Å². The SMILES string of the molecule is Cc1noc(NS(=O)c2ccccc2-c2ccc(-c3ncco3)cc2CC(=O)N(C)C)c1C. The number of hydrogen-bond acceptors (Lipinski definition) is 6. The standard InChI is InChI=1S/C24H24N4O4S/c1-15-16(2)26-32-23(15)27-33(30)21-8-6-5-7-20(21)19-10-9-17(24-25-11-12-31-24)13-18(19)14-22(29)28(3)4/h5-13,27H,14H2,1-4H3. The third-order valence-electron chi connectivity index (χ3n) is 5.34. The van der Waals surface area contributed by atoms with Crippen LogP contribution in [-0.2, 0) is 22.2 Å². The second-order valence-corrected chi connectivity index (χ2v) is 8.94. The van der Waals surface area contributed by atoms with E-state index in [4.69, 9.17) is 8.94 Å². The maximum Gasteiger partial charge on any atom is 0.239 e. The van der Waals surface area contributed by atoms with Gasteiger partial charge in [0.15, 0.2) is 11.0 Å². The van der Waals surface area contributed by atoms with Gasteiger partial charge in [0.2, 0.25) is 17.7 Å². The second-order valence-electron chi connectivity index (χ2n) is 7.76. The fraction of sp³-hybridized carbons (Fsp3) is 0.208. The molecule has 8 nitrogen and oxygen atoms in total. The van der Waals surface area contributed by atoms with Crippen LogP contribution in [-0.4, -0.2) is 39.3 Å². The van der Waals surface area contributed by atoms with Gasteiger partial charge >= 0.3 is 0 Å². The number of amides is 1. The highest BCUT2D eigenvalue weighted by atomic mass is 32.2. The van der Waals surface area contributed by atoms with Crippen molar-refractivity contribution in [1.82, 2.24) is 15.0 Å². The monoisotopic (exact) mass is 464 g/mol. The number of carbonyl (C=O) groups is 1. The van der Waals surface area contributed by atoms with E-state index >= 15 is 0 Å². The smallest absolute Gasteiger partial charge is 0.239 e. The lowest BCUT2D eigenvalue weighted by atomic mass is 9.95. The van der Waals surface area contributed by atoms with Crippen LogP contribution < -0.4 is 4.72 Å². The van der Waals surface area contributed by atoms with E-state index in [1.54, 1.807) is 31.3 Å². The van der Waals surface area contributed by atoms with Crippen molar-refractivity contribution in [3.05, 3.63) is 71.7 Å². The number of anilines is 1. The molecule has 0 saturated heterocycles. The molecule has 4 rings (SSSR count). The molecule has 0 aliphatic carbocycles. The molecule has 2 heterocycles. The molecule has 2 aromatic carbocycles. The number of oxazole rings is 1. The summed E-state index contributed by atoms with van der Waals surface area (Å²) >= 11 is 0. The first-order valence-corrected chi connectivity index (χ1v) is 11.4. The van der Waals surface area contributed by atoms with Crippen molar-refractivity contribution in [2.24, 2.45) is 0 Å². The minimum absolute atomic E-state index is 0.0507. The maximum absolute atomic E-state index is 13.3. The minimum Gasteiger partial charge on any atom is -0.445 e. The van der Waals surface area contributed by atoms with Crippen LogP contribution in [0.3, 0.4) is 0 Å². The molecular weight excluding hydrogens is 440 g/mol. The molecular formula is C24H24N4O4S. The van der Waals surface area contributed by atoms with Gasteiger partial charge in [-0.15, -0.1) is 0 Å². The van der Waals surface area contributed by atoms with Gasteiger partial charge in [-0.25, -0.2) is 9.19 Å². The number of rotatable bonds is 7. The molecule has 9 heteroatoms. The maximum atomic E-state index is 13.3. The van der Waals surface area contributed by atoms with Crippen LogP contribution >= 0.6 is 0 Å². The molecule has 4 aromatic rings. The Hall–Kier alpha value is -3.72. The number of benzene rings is 2. The first-order chi connectivity index (χ1) is 15.8. The van der Waals surface area contributed by atoms with Crippen LogP contribution in [0.15, 0.2) is 68.8 Å². The molecule has 170 valence electrons. The molecule has 0 fully saturated rings. The lowest BCUT2D eigenvalue weighted by Gasteiger charge is -2.16. The number of aromatic nitrogens is 2. The molecule has 0 aliphatic rings. The fourth-order valence-electron chi connectivity index (χ4n) is 3.32. The van der Waals surface area contributed by atoms with E-state index in [1.807, 2.05) is 50.2 Å². The summed E-state index contributed by atoms with van der Waals surface area (Å²) in [6, 6.07) is 13.0. The van der Waals surface area contributed by atoms with E-state index in [-0.39, 0.29) is 12.3 Å². The first kappa shape index (κ1) is 22.5. The highest BCUT2D eigenvalue weighted by Crippen LogP contribution is 2.33. The van der Waals surface area contributed by atoms with Crippen molar-refractivity contribution in [3.63, 3.8) is 0 Å². The number of nitrogens with zero attached hydrogens (tertiary/aromatic N) is 3. The number of hydrogen-bond donors (Lipinski definition) is 1.